The van der Waals surface area contributed by atoms with E-state index in [1.807, 2.05) is 0 Å². The number of pyridine rings is 1. The molecule has 0 spiro atoms. The van der Waals surface area contributed by atoms with E-state index >= 15 is 0 Å². The number of nitrogens with zero attached hydrogens (tertiary/aromatic N) is 1. The summed E-state index contributed by atoms with van der Waals surface area (Å²) >= 11 is 0. The summed E-state index contributed by atoms with van der Waals surface area (Å²) in [6.45, 7) is 0. The topological polar surface area (TPSA) is 53.4 Å². The Bertz CT molecular complexity index is 328. The maximum Gasteiger partial charge on any atom is 0.493 e. The second-order valence-corrected chi connectivity index (χ2v) is 3.26. The van der Waals surface area contributed by atoms with Crippen LogP contribution in [0.25, 0.3) is 0 Å². The fourth-order valence-electron chi connectivity index (χ4n) is 1.26. The fraction of sp³-hybridized carbons (Fsp3) is 0.375. The molecule has 0 saturated heterocycles. The summed E-state index contributed by atoms with van der Waals surface area (Å²) in [5.41, 5.74) is 0.548. The molecule has 0 radical (unpaired) electrons. The van der Waals surface area contributed by atoms with E-state index in [-0.39, 0.29) is 5.46 Å². The molecule has 2 N–H and O–H groups in total. The molecule has 0 aromatic carbocycles. The molecule has 1 fully saturated rings. The third-order valence-electron chi connectivity index (χ3n) is 2.17. The Balaban J connectivity index is 2.31. The van der Waals surface area contributed by atoms with E-state index in [0.717, 1.165) is 12.8 Å². The second kappa shape index (κ2) is 3.08. The fourth-order valence-corrected chi connectivity index (χ4v) is 1.26. The van der Waals surface area contributed by atoms with Crippen molar-refractivity contribution in [2.24, 2.45) is 0 Å². The van der Waals surface area contributed by atoms with Crippen molar-refractivity contribution >= 4 is 12.6 Å². The van der Waals surface area contributed by atoms with Crippen molar-refractivity contribution in [2.75, 3.05) is 0 Å². The summed E-state index contributed by atoms with van der Waals surface area (Å²) in [6.07, 6.45) is 2.10. The van der Waals surface area contributed by atoms with Crippen LogP contribution in [0.4, 0.5) is 4.39 Å². The summed E-state index contributed by atoms with van der Waals surface area (Å²) in [6, 6.07) is 3.02. The lowest BCUT2D eigenvalue weighted by molar-refractivity contribution is 0.421. The molecular weight excluding hydrogens is 172 g/mol. The van der Waals surface area contributed by atoms with Gasteiger partial charge in [-0.05, 0) is 18.9 Å². The van der Waals surface area contributed by atoms with Gasteiger partial charge in [0.2, 0.25) is 5.95 Å². The highest BCUT2D eigenvalue weighted by Gasteiger charge is 2.27. The molecule has 1 aliphatic carbocycles. The minimum Gasteiger partial charge on any atom is -0.423 e. The van der Waals surface area contributed by atoms with Gasteiger partial charge in [-0.15, -0.1) is 0 Å². The molecule has 5 heteroatoms. The van der Waals surface area contributed by atoms with E-state index in [1.165, 1.54) is 6.07 Å². The third-order valence-corrected chi connectivity index (χ3v) is 2.17. The van der Waals surface area contributed by atoms with Crippen molar-refractivity contribution in [3.63, 3.8) is 0 Å². The minimum absolute atomic E-state index is 0.163. The summed E-state index contributed by atoms with van der Waals surface area (Å²) in [4.78, 5) is 3.67. The van der Waals surface area contributed by atoms with Gasteiger partial charge in [0.1, 0.15) is 0 Å². The van der Waals surface area contributed by atoms with E-state index in [4.69, 9.17) is 10.0 Å². The van der Waals surface area contributed by atoms with Gasteiger partial charge < -0.3 is 10.0 Å². The average molecular weight is 181 g/mol. The van der Waals surface area contributed by atoms with Crippen LogP contribution in [0.5, 0.6) is 0 Å². The maximum atomic E-state index is 13.1. The van der Waals surface area contributed by atoms with Gasteiger partial charge in [0.15, 0.2) is 0 Å². The van der Waals surface area contributed by atoms with Crippen LogP contribution in [0, 0.1) is 5.95 Å². The van der Waals surface area contributed by atoms with Crippen molar-refractivity contribution < 1.29 is 14.4 Å². The van der Waals surface area contributed by atoms with Gasteiger partial charge >= 0.3 is 7.12 Å². The van der Waals surface area contributed by atoms with Gasteiger partial charge in [-0.1, -0.05) is 6.07 Å². The minimum atomic E-state index is -1.78. The molecule has 1 aromatic heterocycles. The van der Waals surface area contributed by atoms with Gasteiger partial charge in [0.05, 0.1) is 0 Å². The Morgan fingerprint density at radius 3 is 2.54 bits per heavy atom. The Morgan fingerprint density at radius 1 is 1.38 bits per heavy atom. The summed E-state index contributed by atoms with van der Waals surface area (Å²) in [5, 5.41) is 17.5. The first-order valence-corrected chi connectivity index (χ1v) is 4.21. The molecular formula is C8H9BFNO2. The van der Waals surface area contributed by atoms with Gasteiger partial charge in [0, 0.05) is 17.1 Å². The van der Waals surface area contributed by atoms with Crippen LogP contribution in [0.2, 0.25) is 0 Å². The molecule has 13 heavy (non-hydrogen) atoms. The van der Waals surface area contributed by atoms with Crippen molar-refractivity contribution in [1.29, 1.82) is 0 Å². The van der Waals surface area contributed by atoms with Crippen LogP contribution < -0.4 is 5.46 Å². The zero-order valence-electron chi connectivity index (χ0n) is 6.94. The van der Waals surface area contributed by atoms with Crippen LogP contribution in [-0.4, -0.2) is 22.2 Å². The van der Waals surface area contributed by atoms with E-state index in [2.05, 4.69) is 4.98 Å². The van der Waals surface area contributed by atoms with Gasteiger partial charge in [-0.25, -0.2) is 4.98 Å². The van der Waals surface area contributed by atoms with Crippen LogP contribution >= 0.6 is 0 Å². The molecule has 0 unspecified atom stereocenters. The van der Waals surface area contributed by atoms with Crippen molar-refractivity contribution in [1.82, 2.24) is 4.98 Å². The van der Waals surface area contributed by atoms with Crippen molar-refractivity contribution in [3.8, 4) is 0 Å². The lowest BCUT2D eigenvalue weighted by Gasteiger charge is -2.02. The largest absolute Gasteiger partial charge is 0.493 e. The summed E-state index contributed by atoms with van der Waals surface area (Å²) in [5.74, 6) is -0.404. The van der Waals surface area contributed by atoms with Crippen LogP contribution in [0.15, 0.2) is 12.1 Å². The van der Waals surface area contributed by atoms with Gasteiger partial charge in [-0.3, -0.25) is 0 Å². The molecule has 0 atom stereocenters. The van der Waals surface area contributed by atoms with E-state index < -0.39 is 13.1 Å². The number of aromatic nitrogens is 1. The summed E-state index contributed by atoms with van der Waals surface area (Å²) in [7, 11) is -1.78. The van der Waals surface area contributed by atoms with E-state index in [9.17, 15) is 4.39 Å². The first-order valence-electron chi connectivity index (χ1n) is 4.21. The standard InChI is InChI=1S/C8H9BFNO2/c10-8-6(9(12)13)3-4-7(11-8)5-1-2-5/h3-5,12-13H,1-2H2. The predicted octanol–water partition coefficient (Wildman–Crippen LogP) is -0.222. The molecule has 1 saturated carbocycles. The highest BCUT2D eigenvalue weighted by Crippen LogP contribution is 2.38. The SMILES string of the molecule is OB(O)c1ccc(C2CC2)nc1F. The number of hydrogen-bond donors (Lipinski definition) is 2. The molecule has 2 rings (SSSR count). The van der Waals surface area contributed by atoms with Crippen molar-refractivity contribution in [2.45, 2.75) is 18.8 Å². The molecule has 1 heterocycles. The molecule has 1 aliphatic rings. The zero-order chi connectivity index (χ0) is 9.42. The monoisotopic (exact) mass is 181 g/mol. The number of rotatable bonds is 2. The normalized spacial score (nSPS) is 15.9. The second-order valence-electron chi connectivity index (χ2n) is 3.26. The predicted molar refractivity (Wildman–Crippen MR) is 46.0 cm³/mol. The Morgan fingerprint density at radius 2 is 2.08 bits per heavy atom. The number of hydrogen-bond acceptors (Lipinski definition) is 3. The summed E-state index contributed by atoms with van der Waals surface area (Å²) < 4.78 is 13.1. The molecule has 0 amide bonds. The third kappa shape index (κ3) is 1.71. The van der Waals surface area contributed by atoms with Gasteiger partial charge in [-0.2, -0.15) is 4.39 Å². The van der Waals surface area contributed by atoms with Crippen LogP contribution in [0.1, 0.15) is 24.5 Å². The smallest absolute Gasteiger partial charge is 0.423 e. The first kappa shape index (κ1) is 8.65. The first-order chi connectivity index (χ1) is 6.18. The molecule has 1 aromatic rings. The lowest BCUT2D eigenvalue weighted by atomic mass is 9.81. The van der Waals surface area contributed by atoms with E-state index in [0.29, 0.717) is 11.6 Å². The van der Waals surface area contributed by atoms with E-state index in [1.54, 1.807) is 6.07 Å². The van der Waals surface area contributed by atoms with Crippen LogP contribution in [-0.2, 0) is 0 Å². The quantitative estimate of drug-likeness (QED) is 0.489. The molecule has 0 aliphatic heterocycles. The Kier molecular flexibility index (Phi) is 2.05. The van der Waals surface area contributed by atoms with Gasteiger partial charge in [0.25, 0.3) is 0 Å². The maximum absolute atomic E-state index is 13.1. The highest BCUT2D eigenvalue weighted by atomic mass is 19.1. The molecule has 3 nitrogen and oxygen atoms in total. The molecule has 68 valence electrons. The Labute approximate surface area is 75.4 Å². The molecule has 0 bridgehead atoms. The van der Waals surface area contributed by atoms with Crippen LogP contribution in [0.3, 0.4) is 0 Å². The number of halogens is 1. The zero-order valence-corrected chi connectivity index (χ0v) is 6.94. The van der Waals surface area contributed by atoms with Crippen molar-refractivity contribution in [3.05, 3.63) is 23.8 Å². The average Bonchev–Trinajstić information content (AvgIpc) is 2.85. The highest BCUT2D eigenvalue weighted by molar-refractivity contribution is 6.58. The Hall–Kier alpha value is -0.935. The lowest BCUT2D eigenvalue weighted by Crippen LogP contribution is -2.33.